The molecule has 0 saturated heterocycles. The molecule has 21 heavy (non-hydrogen) atoms. The summed E-state index contributed by atoms with van der Waals surface area (Å²) >= 11 is 7.27. The number of amides is 1. The standard InChI is InChI=1S/C14H18ClNO4S/c1-9(6-14(18)20-3)21-8-13(17)16-11-7-10(15)4-5-12(11)19-2/h4-5,7,9H,6,8H2,1-3H3,(H,16,17). The lowest BCUT2D eigenvalue weighted by Gasteiger charge is -2.12. The minimum Gasteiger partial charge on any atom is -0.495 e. The molecule has 1 aromatic carbocycles. The number of hydrogen-bond donors (Lipinski definition) is 1. The van der Waals surface area contributed by atoms with Gasteiger partial charge in [-0.15, -0.1) is 11.8 Å². The molecule has 0 aliphatic carbocycles. The molecule has 7 heteroatoms. The first kappa shape index (κ1) is 17.7. The topological polar surface area (TPSA) is 64.6 Å². The van der Waals surface area contributed by atoms with Crippen LogP contribution >= 0.6 is 23.4 Å². The van der Waals surface area contributed by atoms with Gasteiger partial charge in [0, 0.05) is 10.3 Å². The number of anilines is 1. The second-order valence-corrected chi connectivity index (χ2v) is 6.16. The number of carbonyl (C=O) groups excluding carboxylic acids is 2. The van der Waals surface area contributed by atoms with E-state index in [0.29, 0.717) is 16.5 Å². The van der Waals surface area contributed by atoms with Crippen molar-refractivity contribution in [1.82, 2.24) is 0 Å². The van der Waals surface area contributed by atoms with Crippen LogP contribution in [0.5, 0.6) is 5.75 Å². The van der Waals surface area contributed by atoms with Crippen molar-refractivity contribution in [1.29, 1.82) is 0 Å². The second kappa shape index (κ2) is 8.79. The number of rotatable bonds is 7. The van der Waals surface area contributed by atoms with Gasteiger partial charge in [0.25, 0.3) is 0 Å². The number of benzene rings is 1. The summed E-state index contributed by atoms with van der Waals surface area (Å²) in [6.45, 7) is 1.87. The average Bonchev–Trinajstić information content (AvgIpc) is 2.45. The zero-order valence-electron chi connectivity index (χ0n) is 12.1. The van der Waals surface area contributed by atoms with Gasteiger partial charge in [-0.25, -0.2) is 0 Å². The molecule has 1 aromatic rings. The first-order valence-electron chi connectivity index (χ1n) is 6.28. The Kier molecular flexibility index (Phi) is 7.39. The highest BCUT2D eigenvalue weighted by atomic mass is 35.5. The number of ether oxygens (including phenoxy) is 2. The van der Waals surface area contributed by atoms with Crippen LogP contribution in [-0.4, -0.2) is 37.1 Å². The van der Waals surface area contributed by atoms with E-state index in [-0.39, 0.29) is 29.3 Å². The first-order chi connectivity index (χ1) is 9.96. The van der Waals surface area contributed by atoms with Gasteiger partial charge in [0.2, 0.25) is 5.91 Å². The van der Waals surface area contributed by atoms with Crippen LogP contribution < -0.4 is 10.1 Å². The van der Waals surface area contributed by atoms with E-state index in [2.05, 4.69) is 10.1 Å². The molecule has 1 rings (SSSR count). The fourth-order valence-electron chi connectivity index (χ4n) is 1.56. The second-order valence-electron chi connectivity index (χ2n) is 4.29. The number of hydrogen-bond acceptors (Lipinski definition) is 5. The minimum atomic E-state index is -0.285. The molecular weight excluding hydrogens is 314 g/mol. The predicted molar refractivity (Wildman–Crippen MR) is 85.2 cm³/mol. The lowest BCUT2D eigenvalue weighted by molar-refractivity contribution is -0.140. The van der Waals surface area contributed by atoms with Crippen molar-refractivity contribution in [2.24, 2.45) is 0 Å². The van der Waals surface area contributed by atoms with Gasteiger partial charge in [-0.1, -0.05) is 18.5 Å². The number of thioether (sulfide) groups is 1. The van der Waals surface area contributed by atoms with Gasteiger partial charge in [0.1, 0.15) is 5.75 Å². The normalized spacial score (nSPS) is 11.6. The molecule has 0 aliphatic heterocycles. The van der Waals surface area contributed by atoms with Crippen molar-refractivity contribution in [3.8, 4) is 5.75 Å². The molecule has 0 aliphatic rings. The van der Waals surface area contributed by atoms with E-state index in [1.54, 1.807) is 18.2 Å². The molecule has 0 spiro atoms. The molecule has 0 bridgehead atoms. The highest BCUT2D eigenvalue weighted by Gasteiger charge is 2.13. The van der Waals surface area contributed by atoms with Gasteiger partial charge >= 0.3 is 5.97 Å². The number of esters is 1. The first-order valence-corrected chi connectivity index (χ1v) is 7.70. The third kappa shape index (κ3) is 6.27. The highest BCUT2D eigenvalue weighted by molar-refractivity contribution is 8.00. The fourth-order valence-corrected chi connectivity index (χ4v) is 2.49. The third-order valence-corrected chi connectivity index (χ3v) is 4.02. The maximum atomic E-state index is 11.9. The van der Waals surface area contributed by atoms with E-state index >= 15 is 0 Å². The molecule has 0 heterocycles. The Morgan fingerprint density at radius 1 is 1.38 bits per heavy atom. The predicted octanol–water partition coefficient (Wildman–Crippen LogP) is 2.97. The molecule has 0 aromatic heterocycles. The van der Waals surface area contributed by atoms with Crippen molar-refractivity contribution >= 4 is 40.9 Å². The summed E-state index contributed by atoms with van der Waals surface area (Å²) < 4.78 is 9.74. The number of halogens is 1. The summed E-state index contributed by atoms with van der Waals surface area (Å²) in [7, 11) is 2.87. The fraction of sp³-hybridized carbons (Fsp3) is 0.429. The van der Waals surface area contributed by atoms with Gasteiger partial charge in [0.15, 0.2) is 0 Å². The summed E-state index contributed by atoms with van der Waals surface area (Å²) in [6.07, 6.45) is 0.273. The Balaban J connectivity index is 2.50. The molecule has 0 fully saturated rings. The molecule has 1 amide bonds. The largest absolute Gasteiger partial charge is 0.495 e. The molecule has 116 valence electrons. The van der Waals surface area contributed by atoms with Crippen LogP contribution in [0.2, 0.25) is 5.02 Å². The van der Waals surface area contributed by atoms with E-state index in [0.717, 1.165) is 0 Å². The van der Waals surface area contributed by atoms with Crippen molar-refractivity contribution in [3.05, 3.63) is 23.2 Å². The Labute approximate surface area is 133 Å². The van der Waals surface area contributed by atoms with Crippen molar-refractivity contribution in [3.63, 3.8) is 0 Å². The van der Waals surface area contributed by atoms with Crippen LogP contribution in [0.1, 0.15) is 13.3 Å². The number of carbonyl (C=O) groups is 2. The molecular formula is C14H18ClNO4S. The Morgan fingerprint density at radius 2 is 2.10 bits per heavy atom. The van der Waals surface area contributed by atoms with E-state index in [1.165, 1.54) is 26.0 Å². The SMILES string of the molecule is COC(=O)CC(C)SCC(=O)Nc1cc(Cl)ccc1OC. The lowest BCUT2D eigenvalue weighted by atomic mass is 10.3. The monoisotopic (exact) mass is 331 g/mol. The van der Waals surface area contributed by atoms with E-state index in [9.17, 15) is 9.59 Å². The van der Waals surface area contributed by atoms with Crippen LogP contribution in [-0.2, 0) is 14.3 Å². The highest BCUT2D eigenvalue weighted by Crippen LogP contribution is 2.28. The summed E-state index contributed by atoms with van der Waals surface area (Å²) in [6, 6.07) is 5.00. The zero-order valence-corrected chi connectivity index (χ0v) is 13.7. The van der Waals surface area contributed by atoms with Crippen molar-refractivity contribution in [2.45, 2.75) is 18.6 Å². The smallest absolute Gasteiger partial charge is 0.306 e. The maximum Gasteiger partial charge on any atom is 0.306 e. The number of methoxy groups -OCH3 is 2. The Bertz CT molecular complexity index is 510. The van der Waals surface area contributed by atoms with Crippen LogP contribution in [0.3, 0.4) is 0 Å². The van der Waals surface area contributed by atoms with Crippen LogP contribution in [0.25, 0.3) is 0 Å². The van der Waals surface area contributed by atoms with Crippen LogP contribution in [0.4, 0.5) is 5.69 Å². The molecule has 5 nitrogen and oxygen atoms in total. The zero-order chi connectivity index (χ0) is 15.8. The average molecular weight is 332 g/mol. The Hall–Kier alpha value is -1.40. The van der Waals surface area contributed by atoms with Gasteiger partial charge < -0.3 is 14.8 Å². The van der Waals surface area contributed by atoms with E-state index in [1.807, 2.05) is 6.92 Å². The maximum absolute atomic E-state index is 11.9. The summed E-state index contributed by atoms with van der Waals surface area (Å²) in [5.41, 5.74) is 0.524. The molecule has 0 radical (unpaired) electrons. The molecule has 0 saturated carbocycles. The van der Waals surface area contributed by atoms with Crippen molar-refractivity contribution < 1.29 is 19.1 Å². The summed E-state index contributed by atoms with van der Waals surface area (Å²) in [4.78, 5) is 23.0. The van der Waals surface area contributed by atoms with Crippen LogP contribution in [0.15, 0.2) is 18.2 Å². The molecule has 1 N–H and O–H groups in total. The molecule has 1 unspecified atom stereocenters. The minimum absolute atomic E-state index is 0.00413. The van der Waals surface area contributed by atoms with Gasteiger partial charge in [0.05, 0.1) is 32.1 Å². The summed E-state index contributed by atoms with van der Waals surface area (Å²) in [5.74, 6) is 0.304. The van der Waals surface area contributed by atoms with Gasteiger partial charge in [-0.3, -0.25) is 9.59 Å². The Morgan fingerprint density at radius 3 is 2.71 bits per heavy atom. The van der Waals surface area contributed by atoms with Gasteiger partial charge in [-0.2, -0.15) is 0 Å². The number of nitrogens with one attached hydrogen (secondary N) is 1. The lowest BCUT2D eigenvalue weighted by Crippen LogP contribution is -2.17. The van der Waals surface area contributed by atoms with Crippen molar-refractivity contribution in [2.75, 3.05) is 25.3 Å². The quantitative estimate of drug-likeness (QED) is 0.778. The van der Waals surface area contributed by atoms with E-state index in [4.69, 9.17) is 16.3 Å². The molecule has 1 atom stereocenters. The van der Waals surface area contributed by atoms with Gasteiger partial charge in [-0.05, 0) is 18.2 Å². The van der Waals surface area contributed by atoms with E-state index < -0.39 is 0 Å². The third-order valence-electron chi connectivity index (χ3n) is 2.62. The van der Waals surface area contributed by atoms with Crippen LogP contribution in [0, 0.1) is 0 Å². The summed E-state index contributed by atoms with van der Waals surface area (Å²) in [5, 5.41) is 3.26.